The molecule has 0 unspecified atom stereocenters. The van der Waals surface area contributed by atoms with Crippen LogP contribution in [-0.2, 0) is 37.0 Å². The third-order valence-corrected chi connectivity index (χ3v) is 8.48. The maximum atomic E-state index is 13.1. The highest BCUT2D eigenvalue weighted by Gasteiger charge is 2.52. The van der Waals surface area contributed by atoms with Crippen molar-refractivity contribution in [2.24, 2.45) is 0 Å². The van der Waals surface area contributed by atoms with E-state index >= 15 is 0 Å². The molecule has 1 amide bonds. The summed E-state index contributed by atoms with van der Waals surface area (Å²) < 4.78 is 25.1. The van der Waals surface area contributed by atoms with Crippen molar-refractivity contribution in [2.75, 3.05) is 6.61 Å². The van der Waals surface area contributed by atoms with E-state index in [0.717, 1.165) is 24.0 Å². The lowest BCUT2D eigenvalue weighted by molar-refractivity contribution is -0.218. The van der Waals surface area contributed by atoms with Crippen LogP contribution < -0.4 is 5.32 Å². The zero-order valence-corrected chi connectivity index (χ0v) is 25.7. The first-order valence-electron chi connectivity index (χ1n) is 16.6. The monoisotopic (exact) mass is 579 g/mol. The van der Waals surface area contributed by atoms with Gasteiger partial charge in [-0.05, 0) is 17.5 Å². The predicted octanol–water partition coefficient (Wildman–Crippen LogP) is 7.88. The normalized spacial score (nSPS) is 23.2. The number of nitrogens with one attached hydrogen (secondary N) is 1. The van der Waals surface area contributed by atoms with Crippen molar-refractivity contribution in [3.63, 3.8) is 0 Å². The number of hydrogen-bond donors (Lipinski definition) is 1. The molecule has 6 nitrogen and oxygen atoms in total. The van der Waals surface area contributed by atoms with Crippen LogP contribution in [0.3, 0.4) is 0 Å². The minimum atomic E-state index is -0.525. The van der Waals surface area contributed by atoms with Gasteiger partial charge in [0.2, 0.25) is 5.91 Å². The molecular weight excluding hydrogens is 526 g/mol. The van der Waals surface area contributed by atoms with Crippen molar-refractivity contribution in [3.8, 4) is 0 Å². The Kier molecular flexibility index (Phi) is 14.9. The Labute approximate surface area is 253 Å². The van der Waals surface area contributed by atoms with E-state index in [2.05, 4.69) is 12.2 Å². The topological polar surface area (TPSA) is 66.0 Å². The van der Waals surface area contributed by atoms with Gasteiger partial charge >= 0.3 is 0 Å². The number of ether oxygens (including phenoxy) is 4. The van der Waals surface area contributed by atoms with E-state index in [1.54, 1.807) is 0 Å². The molecular formula is C36H53NO5. The van der Waals surface area contributed by atoms with Gasteiger partial charge in [-0.25, -0.2) is 0 Å². The molecule has 1 N–H and O–H groups in total. The van der Waals surface area contributed by atoms with Gasteiger partial charge in [0.1, 0.15) is 24.4 Å². The van der Waals surface area contributed by atoms with Gasteiger partial charge in [-0.1, -0.05) is 145 Å². The van der Waals surface area contributed by atoms with Crippen molar-refractivity contribution < 1.29 is 23.7 Å². The number of rotatable bonds is 21. The largest absolute Gasteiger partial charge is 0.368 e. The Morgan fingerprint density at radius 2 is 1.21 bits per heavy atom. The lowest BCUT2D eigenvalue weighted by atomic mass is 9.97. The zero-order valence-electron chi connectivity index (χ0n) is 25.7. The molecule has 5 atom stereocenters. The van der Waals surface area contributed by atoms with Gasteiger partial charge in [0, 0.05) is 6.42 Å². The summed E-state index contributed by atoms with van der Waals surface area (Å²) in [4.78, 5) is 13.1. The maximum Gasteiger partial charge on any atom is 0.220 e. The van der Waals surface area contributed by atoms with Crippen LogP contribution in [0.15, 0.2) is 60.7 Å². The second-order valence-corrected chi connectivity index (χ2v) is 12.0. The van der Waals surface area contributed by atoms with Gasteiger partial charge in [-0.15, -0.1) is 0 Å². The van der Waals surface area contributed by atoms with Crippen molar-refractivity contribution in [1.29, 1.82) is 0 Å². The van der Waals surface area contributed by atoms with Crippen LogP contribution >= 0.6 is 0 Å². The van der Waals surface area contributed by atoms with E-state index in [4.69, 9.17) is 18.9 Å². The summed E-state index contributed by atoms with van der Waals surface area (Å²) in [6.45, 7) is 3.58. The van der Waals surface area contributed by atoms with Crippen LogP contribution in [0.5, 0.6) is 0 Å². The minimum absolute atomic E-state index is 0.0238. The Morgan fingerprint density at radius 3 is 1.76 bits per heavy atom. The van der Waals surface area contributed by atoms with E-state index in [1.165, 1.54) is 70.6 Å². The molecule has 2 heterocycles. The average molecular weight is 580 g/mol. The van der Waals surface area contributed by atoms with E-state index in [-0.39, 0.29) is 24.2 Å². The third kappa shape index (κ3) is 11.1. The number of fused-ring (bicyclic) bond motifs is 2. The Hall–Kier alpha value is -2.25. The quantitative estimate of drug-likeness (QED) is 0.152. The molecule has 42 heavy (non-hydrogen) atoms. The third-order valence-electron chi connectivity index (χ3n) is 8.48. The molecule has 0 aliphatic carbocycles. The highest BCUT2D eigenvalue weighted by atomic mass is 16.7. The molecule has 2 bridgehead atoms. The summed E-state index contributed by atoms with van der Waals surface area (Å²) in [6.07, 6.45) is 15.8. The molecule has 232 valence electrons. The second-order valence-electron chi connectivity index (χ2n) is 12.0. The fourth-order valence-corrected chi connectivity index (χ4v) is 6.02. The summed E-state index contributed by atoms with van der Waals surface area (Å²) in [6, 6.07) is 19.8. The van der Waals surface area contributed by atoms with Gasteiger partial charge < -0.3 is 24.3 Å². The minimum Gasteiger partial charge on any atom is -0.368 e. The SMILES string of the molecule is CCCCCCCCCCCCCCCC(=O)N[C@H]1[C@@H]2OC[C@@H](O2)[C@H](OCc2ccccc2)[C@@H]1OCc1ccccc1. The first-order valence-corrected chi connectivity index (χ1v) is 16.6. The number of benzene rings is 2. The number of carbonyl (C=O) groups excluding carboxylic acids is 1. The van der Waals surface area contributed by atoms with Crippen LogP contribution in [-0.4, -0.2) is 43.2 Å². The number of hydrogen-bond acceptors (Lipinski definition) is 5. The van der Waals surface area contributed by atoms with Crippen molar-refractivity contribution in [2.45, 2.75) is 141 Å². The summed E-state index contributed by atoms with van der Waals surface area (Å²) >= 11 is 0. The second kappa shape index (κ2) is 19.1. The zero-order chi connectivity index (χ0) is 29.2. The first kappa shape index (κ1) is 32.7. The standard InChI is InChI=1S/C36H53NO5/c1-2-3-4-5-6-7-8-9-10-11-12-13-20-25-32(38)37-33-35(40-27-30-23-18-15-19-24-30)34(31-28-41-36(33)42-31)39-26-29-21-16-14-17-22-29/h14-19,21-24,31,33-36H,2-13,20,25-28H2,1H3,(H,37,38)/t31-,33-,34+,35-,36-/m1/s1. The van der Waals surface area contributed by atoms with Crippen molar-refractivity contribution in [3.05, 3.63) is 71.8 Å². The van der Waals surface area contributed by atoms with Crippen LogP contribution in [0.1, 0.15) is 108 Å². The molecule has 2 aromatic carbocycles. The Balaban J connectivity index is 1.20. The summed E-state index contributed by atoms with van der Waals surface area (Å²) in [5.74, 6) is 0.0238. The van der Waals surface area contributed by atoms with E-state index in [1.807, 2.05) is 60.7 Å². The average Bonchev–Trinajstić information content (AvgIpc) is 3.46. The van der Waals surface area contributed by atoms with E-state index < -0.39 is 12.3 Å². The highest BCUT2D eigenvalue weighted by molar-refractivity contribution is 5.76. The molecule has 0 radical (unpaired) electrons. The lowest BCUT2D eigenvalue weighted by Gasteiger charge is -2.41. The first-order chi connectivity index (χ1) is 20.7. The van der Waals surface area contributed by atoms with Gasteiger partial charge in [0.05, 0.1) is 19.8 Å². The van der Waals surface area contributed by atoms with Gasteiger partial charge in [-0.3, -0.25) is 4.79 Å². The van der Waals surface area contributed by atoms with E-state index in [0.29, 0.717) is 26.2 Å². The van der Waals surface area contributed by atoms with Gasteiger partial charge in [0.15, 0.2) is 6.29 Å². The molecule has 6 heteroatoms. The van der Waals surface area contributed by atoms with E-state index in [9.17, 15) is 4.79 Å². The number of carbonyl (C=O) groups is 1. The molecule has 4 rings (SSSR count). The van der Waals surface area contributed by atoms with Crippen molar-refractivity contribution in [1.82, 2.24) is 5.32 Å². The summed E-state index contributed by atoms with van der Waals surface area (Å²) in [5, 5.41) is 3.21. The number of unbranched alkanes of at least 4 members (excludes halogenated alkanes) is 12. The molecule has 2 fully saturated rings. The van der Waals surface area contributed by atoms with Gasteiger partial charge in [-0.2, -0.15) is 0 Å². The van der Waals surface area contributed by atoms with Crippen LogP contribution in [0.4, 0.5) is 0 Å². The van der Waals surface area contributed by atoms with Gasteiger partial charge in [0.25, 0.3) is 0 Å². The molecule has 0 saturated carbocycles. The van der Waals surface area contributed by atoms with Crippen LogP contribution in [0.2, 0.25) is 0 Å². The lowest BCUT2D eigenvalue weighted by Crippen LogP contribution is -2.62. The molecule has 0 aromatic heterocycles. The van der Waals surface area contributed by atoms with Crippen molar-refractivity contribution >= 4 is 5.91 Å². The maximum absolute atomic E-state index is 13.1. The molecule has 0 spiro atoms. The fraction of sp³-hybridized carbons (Fsp3) is 0.639. The Morgan fingerprint density at radius 1 is 0.714 bits per heavy atom. The van der Waals surface area contributed by atoms with Crippen LogP contribution in [0, 0.1) is 0 Å². The Bertz CT molecular complexity index is 987. The van der Waals surface area contributed by atoms with Crippen LogP contribution in [0.25, 0.3) is 0 Å². The molecule has 2 aliphatic heterocycles. The fourth-order valence-electron chi connectivity index (χ4n) is 6.02. The summed E-state index contributed by atoms with van der Waals surface area (Å²) in [7, 11) is 0. The molecule has 2 aromatic rings. The predicted molar refractivity (Wildman–Crippen MR) is 167 cm³/mol. The smallest absolute Gasteiger partial charge is 0.220 e. The number of amides is 1. The highest BCUT2D eigenvalue weighted by Crippen LogP contribution is 2.33. The summed E-state index contributed by atoms with van der Waals surface area (Å²) in [5.41, 5.74) is 2.17. The molecule has 2 saturated heterocycles. The molecule has 2 aliphatic rings.